The van der Waals surface area contributed by atoms with E-state index in [1.807, 2.05) is 18.2 Å². The van der Waals surface area contributed by atoms with Crippen molar-refractivity contribution >= 4 is 17.3 Å². The Labute approximate surface area is 189 Å². The minimum absolute atomic E-state index is 0.199. The minimum Gasteiger partial charge on any atom is -0.378 e. The summed E-state index contributed by atoms with van der Waals surface area (Å²) in [5.74, 6) is 0.632. The predicted octanol–water partition coefficient (Wildman–Crippen LogP) is 5.66. The number of piperidine rings is 1. The van der Waals surface area contributed by atoms with Crippen molar-refractivity contribution in [2.24, 2.45) is 0 Å². The third-order valence-electron chi connectivity index (χ3n) is 6.91. The third-order valence-corrected chi connectivity index (χ3v) is 7.15. The molecule has 0 aliphatic carbocycles. The number of likely N-dealkylation sites (tertiary alicyclic amines) is 1. The molecular formula is C25H30ClN5. The second-order valence-corrected chi connectivity index (χ2v) is 9.23. The zero-order valence-corrected chi connectivity index (χ0v) is 19.1. The van der Waals surface area contributed by atoms with E-state index in [9.17, 15) is 0 Å². The summed E-state index contributed by atoms with van der Waals surface area (Å²) in [4.78, 5) is 2.55. The summed E-state index contributed by atoms with van der Waals surface area (Å²) >= 11 is 6.26. The van der Waals surface area contributed by atoms with Crippen LogP contribution in [0.2, 0.25) is 5.02 Å². The molecule has 5 rings (SSSR count). The number of halogens is 1. The number of fused-ring (bicyclic) bond motifs is 3. The van der Waals surface area contributed by atoms with Crippen LogP contribution >= 0.6 is 11.6 Å². The van der Waals surface area contributed by atoms with Crippen LogP contribution in [0.25, 0.3) is 11.3 Å². The molecule has 2 aliphatic rings. The molecule has 0 saturated carbocycles. The normalized spacial score (nSPS) is 19.5. The lowest BCUT2D eigenvalue weighted by atomic mass is 9.85. The van der Waals surface area contributed by atoms with E-state index in [1.54, 1.807) is 0 Å². The molecule has 1 unspecified atom stereocenters. The molecule has 6 heteroatoms. The summed E-state index contributed by atoms with van der Waals surface area (Å²) in [5, 5.41) is 13.3. The van der Waals surface area contributed by atoms with Gasteiger partial charge in [-0.2, -0.15) is 0 Å². The number of hydrogen-bond donors (Lipinski definition) is 1. The highest BCUT2D eigenvalue weighted by molar-refractivity contribution is 6.30. The van der Waals surface area contributed by atoms with E-state index in [0.717, 1.165) is 41.6 Å². The summed E-state index contributed by atoms with van der Waals surface area (Å²) < 4.78 is 2.06. The first-order chi connectivity index (χ1) is 15.1. The number of hydrogen-bond acceptors (Lipinski definition) is 4. The van der Waals surface area contributed by atoms with Gasteiger partial charge in [-0.1, -0.05) is 48.0 Å². The molecule has 0 bridgehead atoms. The van der Waals surface area contributed by atoms with Crippen LogP contribution in [0.15, 0.2) is 42.5 Å². The van der Waals surface area contributed by atoms with Crippen LogP contribution in [-0.4, -0.2) is 39.5 Å². The van der Waals surface area contributed by atoms with Crippen molar-refractivity contribution < 1.29 is 0 Å². The molecule has 162 valence electrons. The van der Waals surface area contributed by atoms with Crippen LogP contribution < -0.4 is 5.32 Å². The number of anilines is 1. The summed E-state index contributed by atoms with van der Waals surface area (Å²) in [7, 11) is 0. The van der Waals surface area contributed by atoms with Gasteiger partial charge in [-0.3, -0.25) is 0 Å². The zero-order valence-electron chi connectivity index (χ0n) is 18.3. The smallest absolute Gasteiger partial charge is 0.0918 e. The summed E-state index contributed by atoms with van der Waals surface area (Å²) in [5.41, 5.74) is 7.26. The summed E-state index contributed by atoms with van der Waals surface area (Å²) in [6.45, 7) is 8.69. The molecule has 1 aromatic heterocycles. The van der Waals surface area contributed by atoms with Gasteiger partial charge in [0.25, 0.3) is 0 Å². The number of nitrogens with zero attached hydrogens (tertiary/aromatic N) is 4. The van der Waals surface area contributed by atoms with Crippen molar-refractivity contribution in [3.63, 3.8) is 0 Å². The molecule has 1 atom stereocenters. The number of benzene rings is 2. The van der Waals surface area contributed by atoms with Crippen molar-refractivity contribution in [1.82, 2.24) is 19.9 Å². The lowest BCUT2D eigenvalue weighted by Gasteiger charge is -2.32. The van der Waals surface area contributed by atoms with E-state index in [0.29, 0.717) is 5.92 Å². The Morgan fingerprint density at radius 2 is 1.90 bits per heavy atom. The van der Waals surface area contributed by atoms with Gasteiger partial charge in [0.1, 0.15) is 0 Å². The summed E-state index contributed by atoms with van der Waals surface area (Å²) in [6.07, 6.45) is 3.42. The van der Waals surface area contributed by atoms with E-state index < -0.39 is 0 Å². The van der Waals surface area contributed by atoms with E-state index in [-0.39, 0.29) is 6.04 Å². The van der Waals surface area contributed by atoms with Crippen molar-refractivity contribution in [3.8, 4) is 11.3 Å². The van der Waals surface area contributed by atoms with Gasteiger partial charge in [-0.25, -0.2) is 4.68 Å². The second-order valence-electron chi connectivity index (χ2n) is 8.80. The Morgan fingerprint density at radius 1 is 1.06 bits per heavy atom. The monoisotopic (exact) mass is 435 g/mol. The standard InChI is InChI=1S/C25H30ClN5/c1-3-30-12-9-18(10-13-30)19-7-8-22-23(15-19)24(27-21-6-4-5-20(26)16-21)11-14-31-25(22)17(2)28-29-31/h4-8,15-16,18,24,27H,3,9-14H2,1-2H3. The first-order valence-electron chi connectivity index (χ1n) is 11.4. The molecular weight excluding hydrogens is 406 g/mol. The molecule has 1 N–H and O–H groups in total. The van der Waals surface area contributed by atoms with Gasteiger partial charge < -0.3 is 10.2 Å². The van der Waals surface area contributed by atoms with Crippen molar-refractivity contribution in [1.29, 1.82) is 0 Å². The fraction of sp³-hybridized carbons (Fsp3) is 0.440. The Hall–Kier alpha value is -2.37. The highest BCUT2D eigenvalue weighted by Gasteiger charge is 2.27. The molecule has 3 heterocycles. The molecule has 5 nitrogen and oxygen atoms in total. The van der Waals surface area contributed by atoms with Crippen molar-refractivity contribution in [2.75, 3.05) is 25.0 Å². The second kappa shape index (κ2) is 8.64. The molecule has 0 spiro atoms. The van der Waals surface area contributed by atoms with Gasteiger partial charge in [0.2, 0.25) is 0 Å². The Bertz CT molecular complexity index is 1070. The number of aromatic nitrogens is 3. The van der Waals surface area contributed by atoms with E-state index in [1.165, 1.54) is 42.6 Å². The molecule has 2 aromatic carbocycles. The Morgan fingerprint density at radius 3 is 2.68 bits per heavy atom. The fourth-order valence-corrected chi connectivity index (χ4v) is 5.34. The predicted molar refractivity (Wildman–Crippen MR) is 127 cm³/mol. The number of nitrogens with one attached hydrogen (secondary N) is 1. The maximum atomic E-state index is 6.26. The SMILES string of the molecule is CCN1CCC(c2ccc3c(c2)C(Nc2cccc(Cl)c2)CCn2nnc(C)c2-3)CC1. The first kappa shape index (κ1) is 20.5. The highest BCUT2D eigenvalue weighted by Crippen LogP contribution is 2.40. The third kappa shape index (κ3) is 4.09. The van der Waals surface area contributed by atoms with Crippen LogP contribution in [0.1, 0.15) is 55.0 Å². The number of rotatable bonds is 4. The quantitative estimate of drug-likeness (QED) is 0.574. The molecule has 3 aromatic rings. The van der Waals surface area contributed by atoms with Crippen LogP contribution in [-0.2, 0) is 6.54 Å². The van der Waals surface area contributed by atoms with E-state index in [4.69, 9.17) is 11.6 Å². The fourth-order valence-electron chi connectivity index (χ4n) is 5.15. The van der Waals surface area contributed by atoms with Crippen LogP contribution in [0.5, 0.6) is 0 Å². The maximum absolute atomic E-state index is 6.26. The van der Waals surface area contributed by atoms with E-state index in [2.05, 4.69) is 63.3 Å². The average molecular weight is 436 g/mol. The number of aryl methyl sites for hydroxylation is 2. The van der Waals surface area contributed by atoms with Crippen molar-refractivity contribution in [2.45, 2.75) is 51.6 Å². The Balaban J connectivity index is 1.53. The van der Waals surface area contributed by atoms with Crippen LogP contribution in [0.4, 0.5) is 5.69 Å². The van der Waals surface area contributed by atoms with Crippen molar-refractivity contribution in [3.05, 3.63) is 64.3 Å². The maximum Gasteiger partial charge on any atom is 0.0918 e. The largest absolute Gasteiger partial charge is 0.378 e. The van der Waals surface area contributed by atoms with Gasteiger partial charge in [0.05, 0.1) is 17.4 Å². The first-order valence-corrected chi connectivity index (χ1v) is 11.8. The molecule has 0 amide bonds. The minimum atomic E-state index is 0.199. The molecule has 1 fully saturated rings. The van der Waals surface area contributed by atoms with Crippen LogP contribution in [0, 0.1) is 6.92 Å². The van der Waals surface area contributed by atoms with E-state index >= 15 is 0 Å². The molecule has 2 aliphatic heterocycles. The topological polar surface area (TPSA) is 46.0 Å². The summed E-state index contributed by atoms with van der Waals surface area (Å²) in [6, 6.07) is 15.3. The average Bonchev–Trinajstić information content (AvgIpc) is 3.08. The lowest BCUT2D eigenvalue weighted by Crippen LogP contribution is -2.32. The molecule has 0 radical (unpaired) electrons. The molecule has 1 saturated heterocycles. The molecule has 31 heavy (non-hydrogen) atoms. The van der Waals surface area contributed by atoms with Crippen LogP contribution in [0.3, 0.4) is 0 Å². The van der Waals surface area contributed by atoms with Gasteiger partial charge in [-0.05, 0) is 81.1 Å². The Kier molecular flexibility index (Phi) is 5.72. The van der Waals surface area contributed by atoms with Gasteiger partial charge in [-0.15, -0.1) is 5.10 Å². The highest BCUT2D eigenvalue weighted by atomic mass is 35.5. The van der Waals surface area contributed by atoms with Gasteiger partial charge in [0, 0.05) is 22.8 Å². The van der Waals surface area contributed by atoms with Gasteiger partial charge >= 0.3 is 0 Å². The zero-order chi connectivity index (χ0) is 21.4. The lowest BCUT2D eigenvalue weighted by molar-refractivity contribution is 0.222. The van der Waals surface area contributed by atoms with Gasteiger partial charge in [0.15, 0.2) is 0 Å².